The van der Waals surface area contributed by atoms with E-state index in [9.17, 15) is 0 Å². The van der Waals surface area contributed by atoms with Gasteiger partial charge in [-0.25, -0.2) is 0 Å². The zero-order chi connectivity index (χ0) is 12.1. The third kappa shape index (κ3) is 1.22. The standard InChI is InChI=1S/C13H16Br4/c14-12(15)8-6-10-4-2-1-3-5-11(10,7-9(8)12)13(10,16)17/h8-9H,1-7H2/t8-,9-,10-,11+/m1/s1. The minimum absolute atomic E-state index is 0.254. The van der Waals surface area contributed by atoms with E-state index in [1.54, 1.807) is 0 Å². The summed E-state index contributed by atoms with van der Waals surface area (Å²) in [4.78, 5) is 0. The maximum atomic E-state index is 4.06. The van der Waals surface area contributed by atoms with Gasteiger partial charge < -0.3 is 0 Å². The Morgan fingerprint density at radius 2 is 1.18 bits per heavy atom. The van der Waals surface area contributed by atoms with Gasteiger partial charge in [0.05, 0.1) is 6.47 Å². The first-order valence-electron chi connectivity index (χ1n) is 6.65. The normalized spacial score (nSPS) is 57.2. The minimum Gasteiger partial charge on any atom is -0.0721 e. The van der Waals surface area contributed by atoms with Gasteiger partial charge in [0, 0.05) is 10.8 Å². The molecule has 4 fully saturated rings. The summed E-state index contributed by atoms with van der Waals surface area (Å²) in [5.74, 6) is 1.70. The Balaban J connectivity index is 1.75. The summed E-state index contributed by atoms with van der Waals surface area (Å²) in [6.45, 7) is 0. The highest BCUT2D eigenvalue weighted by atomic mass is 79.9. The quantitative estimate of drug-likeness (QED) is 0.367. The lowest BCUT2D eigenvalue weighted by atomic mass is 9.77. The van der Waals surface area contributed by atoms with Crippen LogP contribution in [0, 0.1) is 22.7 Å². The smallest absolute Gasteiger partial charge is 0.0721 e. The van der Waals surface area contributed by atoms with Crippen molar-refractivity contribution in [2.24, 2.45) is 22.7 Å². The zero-order valence-electron chi connectivity index (χ0n) is 9.62. The highest BCUT2D eigenvalue weighted by Crippen LogP contribution is 2.93. The van der Waals surface area contributed by atoms with Crippen molar-refractivity contribution in [3.05, 3.63) is 0 Å². The van der Waals surface area contributed by atoms with Gasteiger partial charge in [-0.1, -0.05) is 83.0 Å². The fourth-order valence-corrected chi connectivity index (χ4v) is 9.60. The number of rotatable bonds is 0. The molecule has 4 rings (SSSR count). The number of hydrogen-bond donors (Lipinski definition) is 0. The minimum atomic E-state index is 0.254. The molecule has 0 nitrogen and oxygen atoms in total. The molecule has 4 aliphatic rings. The largest absolute Gasteiger partial charge is 0.0929 e. The van der Waals surface area contributed by atoms with Crippen molar-refractivity contribution in [2.75, 3.05) is 0 Å². The van der Waals surface area contributed by atoms with Crippen molar-refractivity contribution in [3.63, 3.8) is 0 Å². The molecule has 0 N–H and O–H groups in total. The SMILES string of the molecule is BrC1(Br)[C@@H]2C[C@]34CCCCC[C@@]3(C[C@H]21)C4(Br)Br. The van der Waals surface area contributed by atoms with E-state index in [0.29, 0.717) is 10.8 Å². The molecule has 4 heteroatoms. The van der Waals surface area contributed by atoms with Crippen molar-refractivity contribution in [2.45, 2.75) is 51.4 Å². The van der Waals surface area contributed by atoms with E-state index in [4.69, 9.17) is 0 Å². The van der Waals surface area contributed by atoms with Crippen LogP contribution in [0.25, 0.3) is 0 Å². The van der Waals surface area contributed by atoms with Crippen LogP contribution in [0.2, 0.25) is 0 Å². The predicted octanol–water partition coefficient (Wildman–Crippen LogP) is 5.95. The van der Waals surface area contributed by atoms with Crippen LogP contribution in [0.5, 0.6) is 0 Å². The molecule has 96 valence electrons. The second kappa shape index (κ2) is 3.39. The van der Waals surface area contributed by atoms with Gasteiger partial charge in [0.1, 0.15) is 0 Å². The lowest BCUT2D eigenvalue weighted by Gasteiger charge is -2.26. The summed E-state index contributed by atoms with van der Waals surface area (Å²) in [5, 5.41) is 0. The van der Waals surface area contributed by atoms with E-state index in [1.807, 2.05) is 0 Å². The summed E-state index contributed by atoms with van der Waals surface area (Å²) in [6, 6.07) is 0. The van der Waals surface area contributed by atoms with Crippen LogP contribution in [0.3, 0.4) is 0 Å². The molecule has 0 saturated heterocycles. The molecule has 4 aliphatic carbocycles. The Hall–Kier alpha value is 1.92. The number of fused-ring (bicyclic) bond motifs is 1. The summed E-state index contributed by atoms with van der Waals surface area (Å²) in [6.07, 6.45) is 9.93. The molecule has 0 aliphatic heterocycles. The maximum Gasteiger partial charge on any atom is 0.0929 e. The van der Waals surface area contributed by atoms with Crippen LogP contribution in [0.1, 0.15) is 44.9 Å². The lowest BCUT2D eigenvalue weighted by Crippen LogP contribution is -2.19. The van der Waals surface area contributed by atoms with Crippen LogP contribution in [0.15, 0.2) is 0 Å². The van der Waals surface area contributed by atoms with Crippen molar-refractivity contribution < 1.29 is 0 Å². The monoisotopic (exact) mass is 488 g/mol. The van der Waals surface area contributed by atoms with Crippen molar-refractivity contribution >= 4 is 63.7 Å². The fourth-order valence-electron chi connectivity index (χ4n) is 5.18. The lowest BCUT2D eigenvalue weighted by molar-refractivity contribution is 0.214. The molecule has 4 atom stereocenters. The third-order valence-corrected chi connectivity index (χ3v) is 11.7. The number of alkyl halides is 4. The van der Waals surface area contributed by atoms with Gasteiger partial charge in [-0.2, -0.15) is 0 Å². The Morgan fingerprint density at radius 3 is 1.65 bits per heavy atom. The van der Waals surface area contributed by atoms with E-state index >= 15 is 0 Å². The Bertz CT molecular complexity index is 359. The second-order valence-corrected chi connectivity index (χ2v) is 13.7. The second-order valence-electron chi connectivity index (χ2n) is 6.60. The van der Waals surface area contributed by atoms with Gasteiger partial charge in [0.2, 0.25) is 0 Å². The third-order valence-electron chi connectivity index (χ3n) is 6.26. The summed E-state index contributed by atoms with van der Waals surface area (Å²) >= 11 is 15.9. The van der Waals surface area contributed by atoms with E-state index in [-0.39, 0.29) is 6.47 Å². The molecule has 0 aromatic carbocycles. The van der Waals surface area contributed by atoms with E-state index in [0.717, 1.165) is 11.8 Å². The highest BCUT2D eigenvalue weighted by Gasteiger charge is 2.89. The molecule has 0 radical (unpaired) electrons. The molecular weight excluding hydrogens is 476 g/mol. The van der Waals surface area contributed by atoms with E-state index < -0.39 is 0 Å². The molecule has 0 unspecified atom stereocenters. The van der Waals surface area contributed by atoms with Crippen LogP contribution in [-0.4, -0.2) is 6.47 Å². The first-order chi connectivity index (χ1) is 7.89. The molecule has 4 saturated carbocycles. The molecule has 0 aromatic rings. The summed E-state index contributed by atoms with van der Waals surface area (Å²) < 4.78 is 0.534. The Morgan fingerprint density at radius 1 is 0.706 bits per heavy atom. The van der Waals surface area contributed by atoms with Crippen molar-refractivity contribution in [1.29, 1.82) is 0 Å². The van der Waals surface area contributed by atoms with Crippen molar-refractivity contribution in [1.82, 2.24) is 0 Å². The van der Waals surface area contributed by atoms with Gasteiger partial charge in [-0.15, -0.1) is 0 Å². The van der Waals surface area contributed by atoms with Gasteiger partial charge >= 0.3 is 0 Å². The average Bonchev–Trinajstić information content (AvgIpc) is 2.99. The zero-order valence-corrected chi connectivity index (χ0v) is 16.0. The Labute approximate surface area is 137 Å². The highest BCUT2D eigenvalue weighted by molar-refractivity contribution is 9.26. The molecule has 0 bridgehead atoms. The number of halogens is 4. The molecule has 0 aromatic heterocycles. The van der Waals surface area contributed by atoms with Gasteiger partial charge in [-0.3, -0.25) is 0 Å². The fraction of sp³-hybridized carbons (Fsp3) is 1.00. The van der Waals surface area contributed by atoms with Gasteiger partial charge in [0.15, 0.2) is 0 Å². The van der Waals surface area contributed by atoms with E-state index in [1.165, 1.54) is 44.9 Å². The number of hydrogen-bond acceptors (Lipinski definition) is 0. The maximum absolute atomic E-state index is 4.06. The van der Waals surface area contributed by atoms with Crippen LogP contribution >= 0.6 is 63.7 Å². The molecular formula is C13H16Br4. The van der Waals surface area contributed by atoms with Crippen molar-refractivity contribution in [3.8, 4) is 0 Å². The van der Waals surface area contributed by atoms with E-state index in [2.05, 4.69) is 63.7 Å². The summed E-state index contributed by atoms with van der Waals surface area (Å²) in [5.41, 5.74) is 1.09. The molecule has 0 amide bonds. The van der Waals surface area contributed by atoms with Crippen LogP contribution in [-0.2, 0) is 0 Å². The Kier molecular flexibility index (Phi) is 2.52. The predicted molar refractivity (Wildman–Crippen MR) is 85.3 cm³/mol. The van der Waals surface area contributed by atoms with Gasteiger partial charge in [0.25, 0.3) is 0 Å². The summed E-state index contributed by atoms with van der Waals surface area (Å²) in [7, 11) is 0. The van der Waals surface area contributed by atoms with Gasteiger partial charge in [-0.05, 0) is 37.5 Å². The first kappa shape index (κ1) is 12.6. The first-order valence-corrected chi connectivity index (χ1v) is 9.82. The topological polar surface area (TPSA) is 0 Å². The van der Waals surface area contributed by atoms with Crippen LogP contribution < -0.4 is 0 Å². The molecule has 17 heavy (non-hydrogen) atoms. The average molecular weight is 492 g/mol. The molecule has 0 spiro atoms. The molecule has 0 heterocycles. The van der Waals surface area contributed by atoms with Crippen LogP contribution in [0.4, 0.5) is 0 Å².